The maximum atomic E-state index is 11.1. The Bertz CT molecular complexity index is 443. The number of benzene rings is 1. The van der Waals surface area contributed by atoms with E-state index in [9.17, 15) is 9.90 Å². The van der Waals surface area contributed by atoms with Gasteiger partial charge in [-0.15, -0.1) is 0 Å². The molecule has 18 heavy (non-hydrogen) atoms. The summed E-state index contributed by atoms with van der Waals surface area (Å²) in [4.78, 5) is 11.4. The van der Waals surface area contributed by atoms with Crippen LogP contribution in [0.25, 0.3) is 5.76 Å². The molecule has 0 aliphatic heterocycles. The maximum Gasteiger partial charge on any atom is 0.325 e. The van der Waals surface area contributed by atoms with Crippen LogP contribution in [-0.2, 0) is 9.53 Å². The maximum absolute atomic E-state index is 11.1. The molecule has 0 radical (unpaired) electrons. The average Bonchev–Trinajstić information content (AvgIpc) is 2.38. The number of carbonyl (C=O) groups excluding carboxylic acids is 1. The molecule has 0 amide bonds. The van der Waals surface area contributed by atoms with E-state index < -0.39 is 0 Å². The van der Waals surface area contributed by atoms with Crippen LogP contribution in [-0.4, -0.2) is 29.2 Å². The van der Waals surface area contributed by atoms with Crippen LogP contribution in [0.5, 0.6) is 0 Å². The standard InChI is InChI=1S/C13H15NO3S/c1-2-17-13(16)9-14-12(18)8-11(15)10-6-4-3-5-7-10/h3-8,15H,2,9H2,1H3,(H,14,18)/b11-8-. The van der Waals surface area contributed by atoms with Crippen LogP contribution in [0.3, 0.4) is 0 Å². The van der Waals surface area contributed by atoms with Crippen molar-refractivity contribution in [3.63, 3.8) is 0 Å². The number of aliphatic hydroxyl groups excluding tert-OH is 1. The van der Waals surface area contributed by atoms with E-state index in [1.807, 2.05) is 18.2 Å². The van der Waals surface area contributed by atoms with Gasteiger partial charge in [0.25, 0.3) is 0 Å². The number of thiocarbonyl (C=S) groups is 1. The molecule has 0 saturated heterocycles. The third-order valence-corrected chi connectivity index (χ3v) is 2.31. The second-order valence-corrected chi connectivity index (χ2v) is 3.86. The smallest absolute Gasteiger partial charge is 0.325 e. The van der Waals surface area contributed by atoms with Crippen molar-refractivity contribution >= 4 is 28.9 Å². The summed E-state index contributed by atoms with van der Waals surface area (Å²) in [6, 6.07) is 9.01. The second-order valence-electron chi connectivity index (χ2n) is 3.42. The van der Waals surface area contributed by atoms with E-state index in [2.05, 4.69) is 5.32 Å². The highest BCUT2D eigenvalue weighted by atomic mass is 32.1. The van der Waals surface area contributed by atoms with Crippen molar-refractivity contribution < 1.29 is 14.6 Å². The zero-order valence-electron chi connectivity index (χ0n) is 10.1. The number of esters is 1. The zero-order valence-corrected chi connectivity index (χ0v) is 10.9. The molecule has 0 unspecified atom stereocenters. The van der Waals surface area contributed by atoms with Crippen LogP contribution >= 0.6 is 12.2 Å². The van der Waals surface area contributed by atoms with Crippen molar-refractivity contribution in [2.75, 3.05) is 13.2 Å². The molecule has 1 rings (SSSR count). The fourth-order valence-corrected chi connectivity index (χ4v) is 1.42. The predicted molar refractivity (Wildman–Crippen MR) is 74.3 cm³/mol. The summed E-state index contributed by atoms with van der Waals surface area (Å²) in [7, 11) is 0. The van der Waals surface area contributed by atoms with Gasteiger partial charge in [-0.2, -0.15) is 0 Å². The van der Waals surface area contributed by atoms with E-state index in [-0.39, 0.29) is 23.3 Å². The quantitative estimate of drug-likeness (QED) is 0.369. The van der Waals surface area contributed by atoms with Gasteiger partial charge in [0.1, 0.15) is 17.3 Å². The number of nitrogens with one attached hydrogen (secondary N) is 1. The SMILES string of the molecule is CCOC(=O)CNC(=S)/C=C(\O)c1ccccc1. The molecule has 0 spiro atoms. The van der Waals surface area contributed by atoms with Crippen molar-refractivity contribution in [3.05, 3.63) is 42.0 Å². The summed E-state index contributed by atoms with van der Waals surface area (Å²) in [6.07, 6.45) is 1.39. The van der Waals surface area contributed by atoms with Gasteiger partial charge in [-0.05, 0) is 6.92 Å². The Morgan fingerprint density at radius 1 is 1.44 bits per heavy atom. The van der Waals surface area contributed by atoms with Crippen molar-refractivity contribution in [3.8, 4) is 0 Å². The average molecular weight is 265 g/mol. The van der Waals surface area contributed by atoms with E-state index in [0.29, 0.717) is 12.2 Å². The van der Waals surface area contributed by atoms with Crippen molar-refractivity contribution in [2.45, 2.75) is 6.92 Å². The van der Waals surface area contributed by atoms with Crippen molar-refractivity contribution in [2.24, 2.45) is 0 Å². The monoisotopic (exact) mass is 265 g/mol. The lowest BCUT2D eigenvalue weighted by molar-refractivity contribution is -0.141. The first-order valence-corrected chi connectivity index (χ1v) is 5.94. The minimum Gasteiger partial charge on any atom is -0.507 e. The first-order chi connectivity index (χ1) is 8.63. The molecular weight excluding hydrogens is 250 g/mol. The third kappa shape index (κ3) is 4.97. The van der Waals surface area contributed by atoms with Gasteiger partial charge in [0, 0.05) is 11.6 Å². The molecule has 2 N–H and O–H groups in total. The Kier molecular flexibility index (Phi) is 5.87. The van der Waals surface area contributed by atoms with E-state index in [1.54, 1.807) is 19.1 Å². The van der Waals surface area contributed by atoms with E-state index >= 15 is 0 Å². The minimum atomic E-state index is -0.382. The molecule has 0 fully saturated rings. The molecule has 4 nitrogen and oxygen atoms in total. The molecular formula is C13H15NO3S. The van der Waals surface area contributed by atoms with Crippen LogP contribution in [0.15, 0.2) is 36.4 Å². The molecule has 0 aliphatic carbocycles. The summed E-state index contributed by atoms with van der Waals surface area (Å²) in [5.74, 6) is -0.329. The van der Waals surface area contributed by atoms with Crippen LogP contribution in [0.4, 0.5) is 0 Å². The highest BCUT2D eigenvalue weighted by Crippen LogP contribution is 2.09. The first-order valence-electron chi connectivity index (χ1n) is 5.53. The number of rotatable bonds is 5. The van der Waals surface area contributed by atoms with Crippen LogP contribution in [0.1, 0.15) is 12.5 Å². The Balaban J connectivity index is 2.51. The molecule has 1 aromatic carbocycles. The largest absolute Gasteiger partial charge is 0.507 e. The molecule has 0 heterocycles. The predicted octanol–water partition coefficient (Wildman–Crippen LogP) is 2.07. The number of ether oxygens (including phenoxy) is 1. The summed E-state index contributed by atoms with van der Waals surface area (Å²) >= 11 is 4.98. The van der Waals surface area contributed by atoms with Gasteiger partial charge >= 0.3 is 5.97 Å². The second kappa shape index (κ2) is 7.45. The molecule has 5 heteroatoms. The molecule has 0 bridgehead atoms. The number of hydrogen-bond donors (Lipinski definition) is 2. The number of aliphatic hydroxyl groups is 1. The van der Waals surface area contributed by atoms with Crippen LogP contribution in [0.2, 0.25) is 0 Å². The Morgan fingerprint density at radius 3 is 2.72 bits per heavy atom. The van der Waals surface area contributed by atoms with Crippen LogP contribution in [0, 0.1) is 0 Å². The minimum absolute atomic E-state index is 0.00869. The molecule has 0 atom stereocenters. The van der Waals surface area contributed by atoms with E-state index in [0.717, 1.165) is 0 Å². The molecule has 0 aliphatic rings. The fraction of sp³-hybridized carbons (Fsp3) is 0.231. The van der Waals surface area contributed by atoms with Gasteiger partial charge < -0.3 is 15.2 Å². The lowest BCUT2D eigenvalue weighted by atomic mass is 10.2. The fourth-order valence-electron chi connectivity index (χ4n) is 1.24. The van der Waals surface area contributed by atoms with E-state index in [4.69, 9.17) is 17.0 Å². The molecule has 0 aromatic heterocycles. The van der Waals surface area contributed by atoms with Gasteiger partial charge in [0.2, 0.25) is 0 Å². The molecule has 96 valence electrons. The Labute approximate surface area is 111 Å². The Hall–Kier alpha value is -1.88. The summed E-state index contributed by atoms with van der Waals surface area (Å²) in [5.41, 5.74) is 0.665. The van der Waals surface area contributed by atoms with Gasteiger partial charge in [-0.25, -0.2) is 0 Å². The lowest BCUT2D eigenvalue weighted by Crippen LogP contribution is -2.28. The zero-order chi connectivity index (χ0) is 13.4. The lowest BCUT2D eigenvalue weighted by Gasteiger charge is -2.05. The number of hydrogen-bond acceptors (Lipinski definition) is 4. The summed E-state index contributed by atoms with van der Waals surface area (Å²) in [6.45, 7) is 2.06. The summed E-state index contributed by atoms with van der Waals surface area (Å²) < 4.78 is 4.74. The van der Waals surface area contributed by atoms with Crippen molar-refractivity contribution in [1.29, 1.82) is 0 Å². The van der Waals surface area contributed by atoms with Gasteiger partial charge in [0.15, 0.2) is 0 Å². The molecule has 0 saturated carbocycles. The third-order valence-electron chi connectivity index (χ3n) is 2.05. The topological polar surface area (TPSA) is 58.6 Å². The first kappa shape index (κ1) is 14.2. The highest BCUT2D eigenvalue weighted by Gasteiger charge is 2.03. The molecule has 1 aromatic rings. The van der Waals surface area contributed by atoms with Gasteiger partial charge in [-0.3, -0.25) is 4.79 Å². The number of carbonyl (C=O) groups is 1. The van der Waals surface area contributed by atoms with Crippen molar-refractivity contribution in [1.82, 2.24) is 5.32 Å². The highest BCUT2D eigenvalue weighted by molar-refractivity contribution is 7.80. The normalized spacial score (nSPS) is 10.8. The Morgan fingerprint density at radius 2 is 2.11 bits per heavy atom. The van der Waals surface area contributed by atoms with Crippen LogP contribution < -0.4 is 5.32 Å². The summed E-state index contributed by atoms with van der Waals surface area (Å²) in [5, 5.41) is 12.5. The van der Waals surface area contributed by atoms with E-state index in [1.165, 1.54) is 6.08 Å². The van der Waals surface area contributed by atoms with Gasteiger partial charge in [0.05, 0.1) is 6.61 Å². The van der Waals surface area contributed by atoms with Gasteiger partial charge in [-0.1, -0.05) is 42.5 Å².